The molecule has 0 saturated carbocycles. The lowest BCUT2D eigenvalue weighted by molar-refractivity contribution is 0.101. The van der Waals surface area contributed by atoms with Gasteiger partial charge in [-0.05, 0) is 47.9 Å². The van der Waals surface area contributed by atoms with Crippen molar-refractivity contribution >= 4 is 57.5 Å². The molecule has 5 rings (SSSR count). The minimum atomic E-state index is -0.466. The van der Waals surface area contributed by atoms with Gasteiger partial charge in [-0.15, -0.1) is 0 Å². The number of aromatic nitrogens is 2. The van der Waals surface area contributed by atoms with E-state index in [9.17, 15) is 9.59 Å². The molecule has 0 spiro atoms. The molecule has 3 aromatic carbocycles. The highest BCUT2D eigenvalue weighted by Gasteiger charge is 2.16. The van der Waals surface area contributed by atoms with Crippen molar-refractivity contribution in [3.63, 3.8) is 0 Å². The van der Waals surface area contributed by atoms with Crippen molar-refractivity contribution in [1.82, 2.24) is 9.97 Å². The summed E-state index contributed by atoms with van der Waals surface area (Å²) >= 11 is 12.8. The van der Waals surface area contributed by atoms with Crippen LogP contribution in [0, 0.1) is 0 Å². The van der Waals surface area contributed by atoms with Crippen LogP contribution in [0.2, 0.25) is 10.0 Å². The van der Waals surface area contributed by atoms with Gasteiger partial charge in [0.1, 0.15) is 6.26 Å². The molecular formula is C26H16Cl2N4O3. The molecule has 35 heavy (non-hydrogen) atoms. The number of nitrogens with zero attached hydrogens (tertiary/aromatic N) is 2. The molecular weight excluding hydrogens is 487 g/mol. The SMILES string of the molecule is O=C(Nc1ncco1)c1ccc(C(=O)Nc2ccc(Cl)c(-c3nccc4ccccc34)c2)c(Cl)c1. The molecule has 0 aliphatic carbocycles. The minimum Gasteiger partial charge on any atom is -0.432 e. The van der Waals surface area contributed by atoms with Crippen molar-refractivity contribution in [3.05, 3.63) is 107 Å². The Morgan fingerprint density at radius 3 is 2.46 bits per heavy atom. The second kappa shape index (κ2) is 9.58. The number of anilines is 2. The molecule has 0 bridgehead atoms. The van der Waals surface area contributed by atoms with E-state index in [1.165, 1.54) is 30.7 Å². The highest BCUT2D eigenvalue weighted by atomic mass is 35.5. The molecule has 2 heterocycles. The smallest absolute Gasteiger partial charge is 0.301 e. The van der Waals surface area contributed by atoms with Crippen LogP contribution in [0.1, 0.15) is 20.7 Å². The lowest BCUT2D eigenvalue weighted by atomic mass is 10.0. The first kappa shape index (κ1) is 22.6. The highest BCUT2D eigenvalue weighted by molar-refractivity contribution is 6.35. The predicted molar refractivity (Wildman–Crippen MR) is 136 cm³/mol. The fourth-order valence-electron chi connectivity index (χ4n) is 3.61. The van der Waals surface area contributed by atoms with Crippen LogP contribution in [0.5, 0.6) is 0 Å². The van der Waals surface area contributed by atoms with E-state index in [-0.39, 0.29) is 22.2 Å². The zero-order valence-electron chi connectivity index (χ0n) is 18.0. The zero-order chi connectivity index (χ0) is 24.4. The molecule has 0 saturated heterocycles. The predicted octanol–water partition coefficient (Wildman–Crippen LogP) is 6.70. The Morgan fingerprint density at radius 2 is 1.66 bits per heavy atom. The van der Waals surface area contributed by atoms with Gasteiger partial charge in [-0.2, -0.15) is 0 Å². The molecule has 0 aliphatic rings. The Labute approximate surface area is 209 Å². The summed E-state index contributed by atoms with van der Waals surface area (Å²) < 4.78 is 5.00. The minimum absolute atomic E-state index is 0.0622. The summed E-state index contributed by atoms with van der Waals surface area (Å²) in [7, 11) is 0. The summed E-state index contributed by atoms with van der Waals surface area (Å²) in [6, 6.07) is 19.4. The fourth-order valence-corrected chi connectivity index (χ4v) is 4.09. The summed E-state index contributed by atoms with van der Waals surface area (Å²) in [5, 5.41) is 7.93. The normalized spacial score (nSPS) is 10.8. The summed E-state index contributed by atoms with van der Waals surface area (Å²) in [6.45, 7) is 0. The van der Waals surface area contributed by atoms with E-state index in [1.54, 1.807) is 24.4 Å². The Bertz CT molecular complexity index is 1560. The molecule has 0 radical (unpaired) electrons. The number of hydrogen-bond donors (Lipinski definition) is 2. The molecule has 9 heteroatoms. The van der Waals surface area contributed by atoms with Crippen molar-refractivity contribution in [1.29, 1.82) is 0 Å². The van der Waals surface area contributed by atoms with E-state index in [1.807, 2.05) is 30.3 Å². The van der Waals surface area contributed by atoms with E-state index in [0.717, 1.165) is 10.8 Å². The summed E-state index contributed by atoms with van der Waals surface area (Å²) in [6.07, 6.45) is 4.47. The molecule has 2 aromatic heterocycles. The van der Waals surface area contributed by atoms with Gasteiger partial charge in [0.15, 0.2) is 0 Å². The van der Waals surface area contributed by atoms with Crippen LogP contribution >= 0.6 is 23.2 Å². The zero-order valence-corrected chi connectivity index (χ0v) is 19.5. The maximum Gasteiger partial charge on any atom is 0.301 e. The second-order valence-corrected chi connectivity index (χ2v) is 8.33. The van der Waals surface area contributed by atoms with Crippen molar-refractivity contribution in [2.75, 3.05) is 10.6 Å². The average molecular weight is 503 g/mol. The monoisotopic (exact) mass is 502 g/mol. The van der Waals surface area contributed by atoms with Gasteiger partial charge in [0.05, 0.1) is 27.5 Å². The number of nitrogens with one attached hydrogen (secondary N) is 2. The fraction of sp³-hybridized carbons (Fsp3) is 0. The van der Waals surface area contributed by atoms with E-state index in [0.29, 0.717) is 22.0 Å². The van der Waals surface area contributed by atoms with Crippen LogP contribution in [-0.2, 0) is 0 Å². The Hall–Kier alpha value is -4.20. The summed E-state index contributed by atoms with van der Waals surface area (Å²) in [5.74, 6) is -0.903. The number of rotatable bonds is 5. The van der Waals surface area contributed by atoms with Crippen LogP contribution in [0.15, 0.2) is 89.8 Å². The van der Waals surface area contributed by atoms with Gasteiger partial charge >= 0.3 is 6.01 Å². The number of benzene rings is 3. The largest absolute Gasteiger partial charge is 0.432 e. The van der Waals surface area contributed by atoms with Crippen LogP contribution < -0.4 is 10.6 Å². The highest BCUT2D eigenvalue weighted by Crippen LogP contribution is 2.34. The first-order valence-electron chi connectivity index (χ1n) is 10.4. The third-order valence-corrected chi connectivity index (χ3v) is 5.92. The second-order valence-electron chi connectivity index (χ2n) is 7.52. The Morgan fingerprint density at radius 1 is 0.800 bits per heavy atom. The van der Waals surface area contributed by atoms with Crippen molar-refractivity contribution in [2.45, 2.75) is 0 Å². The summed E-state index contributed by atoms with van der Waals surface area (Å²) in [4.78, 5) is 33.6. The maximum absolute atomic E-state index is 12.9. The molecule has 0 aliphatic heterocycles. The number of amides is 2. The number of oxazole rings is 1. The number of fused-ring (bicyclic) bond motifs is 1. The van der Waals surface area contributed by atoms with Crippen LogP contribution in [0.4, 0.5) is 11.7 Å². The molecule has 0 fully saturated rings. The van der Waals surface area contributed by atoms with Crippen LogP contribution in [0.25, 0.3) is 22.0 Å². The van der Waals surface area contributed by atoms with Gasteiger partial charge in [0, 0.05) is 28.4 Å². The van der Waals surface area contributed by atoms with Gasteiger partial charge in [0.25, 0.3) is 11.8 Å². The molecule has 172 valence electrons. The van der Waals surface area contributed by atoms with Crippen molar-refractivity contribution in [2.24, 2.45) is 0 Å². The topological polar surface area (TPSA) is 97.1 Å². The molecule has 7 nitrogen and oxygen atoms in total. The van der Waals surface area contributed by atoms with Gasteiger partial charge in [-0.1, -0.05) is 47.5 Å². The van der Waals surface area contributed by atoms with Crippen LogP contribution in [0.3, 0.4) is 0 Å². The quantitative estimate of drug-likeness (QED) is 0.278. The molecule has 2 amide bonds. The van der Waals surface area contributed by atoms with E-state index >= 15 is 0 Å². The Balaban J connectivity index is 1.39. The van der Waals surface area contributed by atoms with E-state index in [4.69, 9.17) is 27.6 Å². The van der Waals surface area contributed by atoms with E-state index < -0.39 is 11.8 Å². The molecule has 0 atom stereocenters. The third-order valence-electron chi connectivity index (χ3n) is 5.28. The van der Waals surface area contributed by atoms with Crippen LogP contribution in [-0.4, -0.2) is 21.8 Å². The van der Waals surface area contributed by atoms with Crippen molar-refractivity contribution < 1.29 is 14.0 Å². The lowest BCUT2D eigenvalue weighted by Crippen LogP contribution is -2.15. The third kappa shape index (κ3) is 4.73. The van der Waals surface area contributed by atoms with Gasteiger partial charge in [-0.25, -0.2) is 4.98 Å². The number of carbonyl (C=O) groups is 2. The number of pyridine rings is 1. The van der Waals surface area contributed by atoms with E-state index in [2.05, 4.69) is 20.6 Å². The van der Waals surface area contributed by atoms with Gasteiger partial charge in [-0.3, -0.25) is 19.9 Å². The van der Waals surface area contributed by atoms with Crippen molar-refractivity contribution in [3.8, 4) is 11.3 Å². The van der Waals surface area contributed by atoms with Gasteiger partial charge in [0.2, 0.25) is 0 Å². The number of hydrogen-bond acceptors (Lipinski definition) is 5. The first-order chi connectivity index (χ1) is 17.0. The standard InChI is InChI=1S/C26H16Cl2N4O3/c27-21-8-6-17(14-20(21)23-18-4-2-1-3-15(18)9-10-29-23)31-25(34)19-7-5-16(13-22(19)28)24(33)32-26-30-11-12-35-26/h1-14H,(H,31,34)(H,30,32,33). The number of halogens is 2. The van der Waals surface area contributed by atoms with Gasteiger partial charge < -0.3 is 9.73 Å². The Kier molecular flexibility index (Phi) is 6.18. The number of carbonyl (C=O) groups excluding carboxylic acids is 2. The molecule has 2 N–H and O–H groups in total. The molecule has 0 unspecified atom stereocenters. The lowest BCUT2D eigenvalue weighted by Gasteiger charge is -2.12. The first-order valence-corrected chi connectivity index (χ1v) is 11.2. The average Bonchev–Trinajstić information content (AvgIpc) is 3.38. The molecule has 5 aromatic rings. The maximum atomic E-state index is 12.9. The summed E-state index contributed by atoms with van der Waals surface area (Å²) in [5.41, 5.74) is 2.38.